The third-order valence-electron chi connectivity index (χ3n) is 9.13. The van der Waals surface area contributed by atoms with Gasteiger partial charge in [0.2, 0.25) is 11.0 Å². The first-order chi connectivity index (χ1) is 18.9. The normalized spacial score (nSPS) is 17.8. The number of benzene rings is 5. The summed E-state index contributed by atoms with van der Waals surface area (Å²) in [5.74, 6) is 1.82. The van der Waals surface area contributed by atoms with Crippen LogP contribution in [0.25, 0.3) is 65.2 Å². The number of hydrogen-bond donors (Lipinski definition) is 0. The highest BCUT2D eigenvalue weighted by Gasteiger charge is 2.69. The number of rotatable bonds is 0. The molecule has 0 aliphatic carbocycles. The molecule has 1 spiro atoms. The van der Waals surface area contributed by atoms with Crippen LogP contribution in [0.5, 0.6) is 11.5 Å². The molecule has 3 aliphatic rings. The maximum Gasteiger partial charge on any atom is 0.425 e. The molecule has 0 fully saturated rings. The van der Waals surface area contributed by atoms with Gasteiger partial charge in [0.15, 0.2) is 23.5 Å². The van der Waals surface area contributed by atoms with Crippen molar-refractivity contribution in [3.8, 4) is 11.5 Å². The van der Waals surface area contributed by atoms with E-state index in [1.54, 1.807) is 12.4 Å². The first kappa shape index (κ1) is 18.1. The molecule has 38 heavy (non-hydrogen) atoms. The van der Waals surface area contributed by atoms with E-state index in [9.17, 15) is 0 Å². The van der Waals surface area contributed by atoms with E-state index >= 15 is 0 Å². The summed E-state index contributed by atoms with van der Waals surface area (Å²) in [5.41, 5.74) is 6.11. The SMILES string of the molecule is c1ccc2c(c1)c1ccc3c4c1c1c2ccc[n+]1C41c2c(ccc4c5nccnc5c5ccc[n+]1c5c24)O3. The van der Waals surface area contributed by atoms with E-state index < -0.39 is 5.66 Å². The van der Waals surface area contributed by atoms with Gasteiger partial charge in [-0.15, -0.1) is 9.13 Å². The van der Waals surface area contributed by atoms with E-state index in [0.29, 0.717) is 0 Å². The number of aromatic nitrogens is 4. The highest BCUT2D eigenvalue weighted by atomic mass is 16.5. The zero-order valence-electron chi connectivity index (χ0n) is 19.9. The van der Waals surface area contributed by atoms with Gasteiger partial charge in [-0.05, 0) is 52.6 Å². The second-order valence-corrected chi connectivity index (χ2v) is 10.6. The molecule has 0 amide bonds. The zero-order chi connectivity index (χ0) is 24.3. The average molecular weight is 485 g/mol. The Morgan fingerprint density at radius 1 is 0.526 bits per heavy atom. The quantitative estimate of drug-likeness (QED) is 0.196. The van der Waals surface area contributed by atoms with E-state index in [2.05, 4.69) is 94.3 Å². The molecule has 0 bridgehead atoms. The van der Waals surface area contributed by atoms with Crippen molar-refractivity contribution in [2.24, 2.45) is 0 Å². The summed E-state index contributed by atoms with van der Waals surface area (Å²) in [4.78, 5) is 9.63. The lowest BCUT2D eigenvalue weighted by atomic mass is 9.85. The molecule has 6 heterocycles. The molecule has 1 unspecified atom stereocenters. The maximum absolute atomic E-state index is 6.77. The summed E-state index contributed by atoms with van der Waals surface area (Å²) in [6, 6.07) is 26.2. The Morgan fingerprint density at radius 2 is 1.08 bits per heavy atom. The lowest BCUT2D eigenvalue weighted by molar-refractivity contribution is -0.945. The number of ether oxygens (including phenoxy) is 1. The minimum Gasteiger partial charge on any atom is -0.456 e. The summed E-state index contributed by atoms with van der Waals surface area (Å²) in [7, 11) is 0. The van der Waals surface area contributed by atoms with Crippen LogP contribution in [0.4, 0.5) is 0 Å². The molecular formula is C33H16N4O+2. The van der Waals surface area contributed by atoms with Crippen molar-refractivity contribution >= 4 is 65.2 Å². The second-order valence-electron chi connectivity index (χ2n) is 10.6. The fourth-order valence-electron chi connectivity index (χ4n) is 7.94. The number of fused-ring (bicyclic) bond motifs is 6. The Labute approximate surface area is 214 Å². The lowest BCUT2D eigenvalue weighted by Crippen LogP contribution is -2.72. The first-order valence-corrected chi connectivity index (χ1v) is 12.9. The molecule has 0 N–H and O–H groups in total. The Bertz CT molecular complexity index is 2320. The molecule has 5 aromatic carbocycles. The Morgan fingerprint density at radius 3 is 1.82 bits per heavy atom. The Balaban J connectivity index is 1.51. The topological polar surface area (TPSA) is 42.8 Å². The summed E-state index contributed by atoms with van der Waals surface area (Å²) in [6.07, 6.45) is 8.07. The van der Waals surface area contributed by atoms with Gasteiger partial charge < -0.3 is 4.74 Å². The van der Waals surface area contributed by atoms with Gasteiger partial charge in [0.25, 0.3) is 0 Å². The second kappa shape index (κ2) is 5.55. The van der Waals surface area contributed by atoms with Crippen molar-refractivity contribution in [2.45, 2.75) is 5.66 Å². The predicted molar refractivity (Wildman–Crippen MR) is 146 cm³/mol. The largest absolute Gasteiger partial charge is 0.456 e. The van der Waals surface area contributed by atoms with Gasteiger partial charge in [-0.1, -0.05) is 24.3 Å². The fourth-order valence-corrected chi connectivity index (χ4v) is 7.94. The third-order valence-corrected chi connectivity index (χ3v) is 9.13. The predicted octanol–water partition coefficient (Wildman–Crippen LogP) is 6.00. The molecule has 172 valence electrons. The molecule has 1 atom stereocenters. The highest BCUT2D eigenvalue weighted by molar-refractivity contribution is 6.27. The summed E-state index contributed by atoms with van der Waals surface area (Å²) >= 11 is 0. The van der Waals surface area contributed by atoms with Gasteiger partial charge in [-0.2, -0.15) is 0 Å². The van der Waals surface area contributed by atoms with Gasteiger partial charge in [0.05, 0.1) is 27.1 Å². The number of nitrogens with zero attached hydrogens (tertiary/aromatic N) is 4. The standard InChI is InChI=1S/C33H16N4O/c1-2-6-18-17(5-1)19-9-11-23-27-25(19)31-20(18)7-3-15-36(31)33(27)28-24(38-23)12-10-21-26(28)32-22(8-4-16-37(32)33)30-29(21)34-13-14-35-30/h1-16H/q+2. The molecule has 11 rings (SSSR count). The molecule has 5 nitrogen and oxygen atoms in total. The van der Waals surface area contributed by atoms with Gasteiger partial charge in [-0.25, -0.2) is 0 Å². The molecule has 0 saturated carbocycles. The van der Waals surface area contributed by atoms with Crippen LogP contribution in [0.1, 0.15) is 11.1 Å². The van der Waals surface area contributed by atoms with Crippen molar-refractivity contribution in [2.75, 3.05) is 0 Å². The monoisotopic (exact) mass is 484 g/mol. The number of hydrogen-bond acceptors (Lipinski definition) is 3. The van der Waals surface area contributed by atoms with E-state index in [1.165, 1.54) is 54.5 Å². The fraction of sp³-hybridized carbons (Fsp3) is 0.0303. The van der Waals surface area contributed by atoms with Crippen LogP contribution in [0.2, 0.25) is 0 Å². The average Bonchev–Trinajstić information content (AvgIpc) is 3.47. The van der Waals surface area contributed by atoms with Crippen molar-refractivity contribution in [1.29, 1.82) is 0 Å². The van der Waals surface area contributed by atoms with Crippen molar-refractivity contribution in [1.82, 2.24) is 9.97 Å². The van der Waals surface area contributed by atoms with Gasteiger partial charge in [-0.3, -0.25) is 9.97 Å². The van der Waals surface area contributed by atoms with E-state index in [1.807, 2.05) is 0 Å². The van der Waals surface area contributed by atoms with Gasteiger partial charge in [0.1, 0.15) is 17.0 Å². The molecule has 0 saturated heterocycles. The van der Waals surface area contributed by atoms with E-state index in [4.69, 9.17) is 14.7 Å². The summed E-state index contributed by atoms with van der Waals surface area (Å²) in [6.45, 7) is 0. The molecule has 8 aromatic rings. The third kappa shape index (κ3) is 1.60. The van der Waals surface area contributed by atoms with E-state index in [0.717, 1.165) is 33.3 Å². The molecule has 5 heteroatoms. The van der Waals surface area contributed by atoms with Crippen molar-refractivity contribution < 1.29 is 13.9 Å². The van der Waals surface area contributed by atoms with Crippen LogP contribution in [-0.4, -0.2) is 9.97 Å². The van der Waals surface area contributed by atoms with Crippen molar-refractivity contribution in [3.05, 3.63) is 109 Å². The van der Waals surface area contributed by atoms with Crippen LogP contribution in [0, 0.1) is 0 Å². The molecule has 3 aromatic heterocycles. The minimum atomic E-state index is -0.597. The van der Waals surface area contributed by atoms with Crippen LogP contribution < -0.4 is 13.9 Å². The lowest BCUT2D eigenvalue weighted by Gasteiger charge is -2.26. The van der Waals surface area contributed by atoms with Crippen LogP contribution >= 0.6 is 0 Å². The van der Waals surface area contributed by atoms with Gasteiger partial charge >= 0.3 is 5.66 Å². The van der Waals surface area contributed by atoms with E-state index in [-0.39, 0.29) is 0 Å². The van der Waals surface area contributed by atoms with Crippen molar-refractivity contribution in [3.63, 3.8) is 0 Å². The van der Waals surface area contributed by atoms with Crippen LogP contribution in [-0.2, 0) is 5.66 Å². The summed E-state index contributed by atoms with van der Waals surface area (Å²) in [5, 5.41) is 9.78. The zero-order valence-corrected chi connectivity index (χ0v) is 19.9. The highest BCUT2D eigenvalue weighted by Crippen LogP contribution is 2.58. The number of pyridine rings is 2. The molecular weight excluding hydrogens is 468 g/mol. The smallest absolute Gasteiger partial charge is 0.425 e. The van der Waals surface area contributed by atoms with Crippen LogP contribution in [0.15, 0.2) is 97.6 Å². The molecule has 0 radical (unpaired) electrons. The Hall–Kier alpha value is -5.16. The summed E-state index contributed by atoms with van der Waals surface area (Å²) < 4.78 is 11.7. The van der Waals surface area contributed by atoms with Crippen LogP contribution in [0.3, 0.4) is 0 Å². The minimum absolute atomic E-state index is 0.597. The van der Waals surface area contributed by atoms with Gasteiger partial charge in [0, 0.05) is 29.9 Å². The Kier molecular flexibility index (Phi) is 2.65. The molecule has 3 aliphatic heterocycles. The first-order valence-electron chi connectivity index (χ1n) is 12.9. The maximum atomic E-state index is 6.77.